The molecule has 1 aliphatic carbocycles. The molecule has 28 heavy (non-hydrogen) atoms. The van der Waals surface area contributed by atoms with Crippen molar-refractivity contribution in [2.75, 3.05) is 0 Å². The molecule has 4 rings (SSSR count). The Hall–Kier alpha value is -2.29. The molecule has 1 saturated carbocycles. The molecule has 0 aliphatic heterocycles. The first-order valence-corrected chi connectivity index (χ1v) is 10.9. The zero-order valence-corrected chi connectivity index (χ0v) is 17.2. The number of nitrogens with zero attached hydrogens (tertiary/aromatic N) is 2. The number of hydrogen-bond donors (Lipinski definition) is 0. The number of aryl methyl sites for hydroxylation is 2. The standard InChI is InChI=1S/C25H32N2O/c1-3-24(28-21-13-9-10-19(2)18-21)25-26-22-14-7-8-15-23(22)27(25)17-16-20-11-5-4-6-12-20/h7-10,13-15,18,20,24H,3-6,11-12,16-17H2,1-2H3. The van der Waals surface area contributed by atoms with Crippen LogP contribution in [0.1, 0.15) is 69.4 Å². The van der Waals surface area contributed by atoms with Crippen LogP contribution < -0.4 is 4.74 Å². The number of imidazole rings is 1. The zero-order valence-electron chi connectivity index (χ0n) is 17.2. The van der Waals surface area contributed by atoms with Crippen molar-refractivity contribution in [1.29, 1.82) is 0 Å². The molecule has 0 radical (unpaired) electrons. The van der Waals surface area contributed by atoms with Gasteiger partial charge in [-0.05, 0) is 55.5 Å². The van der Waals surface area contributed by atoms with Gasteiger partial charge in [0.15, 0.2) is 11.9 Å². The Morgan fingerprint density at radius 2 is 1.89 bits per heavy atom. The van der Waals surface area contributed by atoms with E-state index in [1.807, 2.05) is 6.07 Å². The maximum atomic E-state index is 6.41. The lowest BCUT2D eigenvalue weighted by Gasteiger charge is -2.23. The minimum absolute atomic E-state index is 0.0273. The van der Waals surface area contributed by atoms with E-state index in [2.05, 4.69) is 60.9 Å². The van der Waals surface area contributed by atoms with Crippen LogP contribution in [0.25, 0.3) is 11.0 Å². The quantitative estimate of drug-likeness (QED) is 0.451. The van der Waals surface area contributed by atoms with Crippen molar-refractivity contribution in [3.05, 3.63) is 59.9 Å². The van der Waals surface area contributed by atoms with Crippen molar-refractivity contribution in [1.82, 2.24) is 9.55 Å². The zero-order chi connectivity index (χ0) is 19.3. The van der Waals surface area contributed by atoms with Crippen molar-refractivity contribution in [2.24, 2.45) is 5.92 Å². The maximum Gasteiger partial charge on any atom is 0.156 e. The Morgan fingerprint density at radius 3 is 2.68 bits per heavy atom. The van der Waals surface area contributed by atoms with Crippen molar-refractivity contribution < 1.29 is 4.74 Å². The van der Waals surface area contributed by atoms with Crippen LogP contribution in [0.4, 0.5) is 0 Å². The van der Waals surface area contributed by atoms with Gasteiger partial charge in [0.1, 0.15) is 5.75 Å². The van der Waals surface area contributed by atoms with Gasteiger partial charge < -0.3 is 9.30 Å². The molecule has 148 valence electrons. The van der Waals surface area contributed by atoms with Crippen molar-refractivity contribution in [3.63, 3.8) is 0 Å². The molecule has 1 fully saturated rings. The number of para-hydroxylation sites is 2. The second-order valence-electron chi connectivity index (χ2n) is 8.23. The van der Waals surface area contributed by atoms with Crippen molar-refractivity contribution in [3.8, 4) is 5.75 Å². The van der Waals surface area contributed by atoms with E-state index >= 15 is 0 Å². The minimum atomic E-state index is -0.0273. The van der Waals surface area contributed by atoms with Crippen molar-refractivity contribution >= 4 is 11.0 Å². The van der Waals surface area contributed by atoms with Crippen molar-refractivity contribution in [2.45, 2.75) is 71.4 Å². The second kappa shape index (κ2) is 8.81. The second-order valence-corrected chi connectivity index (χ2v) is 8.23. The average Bonchev–Trinajstić information content (AvgIpc) is 3.10. The van der Waals surface area contributed by atoms with Crippen LogP contribution in [0.3, 0.4) is 0 Å². The maximum absolute atomic E-state index is 6.41. The fraction of sp³-hybridized carbons (Fsp3) is 0.480. The summed E-state index contributed by atoms with van der Waals surface area (Å²) in [5.74, 6) is 2.86. The first-order chi connectivity index (χ1) is 13.7. The molecule has 0 N–H and O–H groups in total. The fourth-order valence-electron chi connectivity index (χ4n) is 4.53. The van der Waals surface area contributed by atoms with E-state index in [9.17, 15) is 0 Å². The highest BCUT2D eigenvalue weighted by Gasteiger charge is 2.22. The van der Waals surface area contributed by atoms with Crippen LogP contribution in [-0.2, 0) is 6.54 Å². The SMILES string of the molecule is CCC(Oc1cccc(C)c1)c1nc2ccccc2n1CCC1CCCCC1. The van der Waals surface area contributed by atoms with Crippen LogP contribution in [0, 0.1) is 12.8 Å². The van der Waals surface area contributed by atoms with Gasteiger partial charge in [-0.25, -0.2) is 4.98 Å². The molecule has 1 aromatic heterocycles. The number of ether oxygens (including phenoxy) is 1. The van der Waals surface area contributed by atoms with Gasteiger partial charge in [-0.1, -0.05) is 63.3 Å². The topological polar surface area (TPSA) is 27.1 Å². The van der Waals surface area contributed by atoms with E-state index in [0.717, 1.165) is 36.0 Å². The summed E-state index contributed by atoms with van der Waals surface area (Å²) in [6, 6.07) is 16.8. The summed E-state index contributed by atoms with van der Waals surface area (Å²) >= 11 is 0. The first kappa shape index (κ1) is 19.0. The van der Waals surface area contributed by atoms with E-state index in [4.69, 9.17) is 9.72 Å². The highest BCUT2D eigenvalue weighted by Crippen LogP contribution is 2.31. The Balaban J connectivity index is 1.62. The minimum Gasteiger partial charge on any atom is -0.483 e. The number of fused-ring (bicyclic) bond motifs is 1. The molecular weight excluding hydrogens is 344 g/mol. The number of aromatic nitrogens is 2. The summed E-state index contributed by atoms with van der Waals surface area (Å²) in [5.41, 5.74) is 3.53. The fourth-order valence-corrected chi connectivity index (χ4v) is 4.53. The summed E-state index contributed by atoms with van der Waals surface area (Å²) in [7, 11) is 0. The van der Waals surface area contributed by atoms with Crippen LogP contribution in [0.2, 0.25) is 0 Å². The largest absolute Gasteiger partial charge is 0.483 e. The lowest BCUT2D eigenvalue weighted by Crippen LogP contribution is -2.16. The third-order valence-electron chi connectivity index (χ3n) is 6.10. The van der Waals surface area contributed by atoms with Crippen LogP contribution >= 0.6 is 0 Å². The molecule has 0 spiro atoms. The molecule has 0 saturated heterocycles. The molecule has 0 amide bonds. The van der Waals surface area contributed by atoms with Gasteiger partial charge >= 0.3 is 0 Å². The Kier molecular flexibility index (Phi) is 5.99. The highest BCUT2D eigenvalue weighted by atomic mass is 16.5. The smallest absolute Gasteiger partial charge is 0.156 e. The molecule has 1 heterocycles. The Labute approximate surface area is 168 Å². The molecule has 3 aromatic rings. The highest BCUT2D eigenvalue weighted by molar-refractivity contribution is 5.76. The van der Waals surface area contributed by atoms with Crippen LogP contribution in [0.15, 0.2) is 48.5 Å². The lowest BCUT2D eigenvalue weighted by molar-refractivity contribution is 0.185. The molecule has 0 bridgehead atoms. The van der Waals surface area contributed by atoms with Crippen LogP contribution in [0.5, 0.6) is 5.75 Å². The predicted octanol–water partition coefficient (Wildman–Crippen LogP) is 6.85. The van der Waals surface area contributed by atoms with E-state index in [-0.39, 0.29) is 6.10 Å². The molecule has 1 aliphatic rings. The molecule has 3 heteroatoms. The van der Waals surface area contributed by atoms with Gasteiger partial charge in [-0.3, -0.25) is 0 Å². The number of hydrogen-bond acceptors (Lipinski definition) is 2. The van der Waals surface area contributed by atoms with Gasteiger partial charge in [0, 0.05) is 6.54 Å². The molecule has 3 nitrogen and oxygen atoms in total. The van der Waals surface area contributed by atoms with E-state index in [1.54, 1.807) is 0 Å². The van der Waals surface area contributed by atoms with Gasteiger partial charge in [0.25, 0.3) is 0 Å². The van der Waals surface area contributed by atoms with Gasteiger partial charge in [0.05, 0.1) is 11.0 Å². The Morgan fingerprint density at radius 1 is 1.07 bits per heavy atom. The van der Waals surface area contributed by atoms with E-state index in [1.165, 1.54) is 49.6 Å². The summed E-state index contributed by atoms with van der Waals surface area (Å²) in [5, 5.41) is 0. The lowest BCUT2D eigenvalue weighted by atomic mass is 9.87. The number of benzene rings is 2. The monoisotopic (exact) mass is 376 g/mol. The summed E-state index contributed by atoms with van der Waals surface area (Å²) < 4.78 is 8.83. The van der Waals surface area contributed by atoms with E-state index in [0.29, 0.717) is 0 Å². The third kappa shape index (κ3) is 4.24. The summed E-state index contributed by atoms with van der Waals surface area (Å²) in [4.78, 5) is 5.00. The molecular formula is C25H32N2O. The van der Waals surface area contributed by atoms with Gasteiger partial charge in [-0.15, -0.1) is 0 Å². The molecule has 2 aromatic carbocycles. The Bertz CT molecular complexity index is 908. The normalized spacial score (nSPS) is 16.4. The molecule has 1 unspecified atom stereocenters. The summed E-state index contributed by atoms with van der Waals surface area (Å²) in [6.07, 6.45) is 9.11. The third-order valence-corrected chi connectivity index (χ3v) is 6.10. The van der Waals surface area contributed by atoms with E-state index < -0.39 is 0 Å². The first-order valence-electron chi connectivity index (χ1n) is 10.9. The number of rotatable bonds is 7. The average molecular weight is 377 g/mol. The van der Waals surface area contributed by atoms with Gasteiger partial charge in [0.2, 0.25) is 0 Å². The predicted molar refractivity (Wildman–Crippen MR) is 116 cm³/mol. The summed E-state index contributed by atoms with van der Waals surface area (Å²) in [6.45, 7) is 5.33. The van der Waals surface area contributed by atoms with Gasteiger partial charge in [-0.2, -0.15) is 0 Å². The molecule has 1 atom stereocenters. The van der Waals surface area contributed by atoms with Crippen LogP contribution in [-0.4, -0.2) is 9.55 Å².